The van der Waals surface area contributed by atoms with Gasteiger partial charge in [0.15, 0.2) is 0 Å². The van der Waals surface area contributed by atoms with Gasteiger partial charge in [0.25, 0.3) is 0 Å². The molecule has 3 aliphatic rings. The van der Waals surface area contributed by atoms with Gasteiger partial charge in [-0.1, -0.05) is 13.8 Å². The molecule has 1 aromatic rings. The van der Waals surface area contributed by atoms with Gasteiger partial charge in [-0.3, -0.25) is 0 Å². The highest BCUT2D eigenvalue weighted by Gasteiger charge is 2.64. The number of rotatable bonds is 4. The van der Waals surface area contributed by atoms with E-state index in [-0.39, 0.29) is 29.5 Å². The number of furan rings is 1. The molecule has 3 fully saturated rings. The Morgan fingerprint density at radius 2 is 1.89 bits per heavy atom. The van der Waals surface area contributed by atoms with Gasteiger partial charge in [0.1, 0.15) is 11.4 Å². The van der Waals surface area contributed by atoms with Crippen molar-refractivity contribution in [1.29, 1.82) is 0 Å². The second kappa shape index (κ2) is 7.12. The van der Waals surface area contributed by atoms with Gasteiger partial charge in [0, 0.05) is 12.0 Å². The van der Waals surface area contributed by atoms with Crippen LogP contribution in [-0.2, 0) is 5.60 Å². The second-order valence-corrected chi connectivity index (χ2v) is 10.3. The predicted molar refractivity (Wildman–Crippen MR) is 107 cm³/mol. The monoisotopic (exact) mass is 391 g/mol. The molecule has 3 saturated carbocycles. The minimum atomic E-state index is -0.931. The van der Waals surface area contributed by atoms with Crippen LogP contribution in [0.2, 0.25) is 0 Å². The quantitative estimate of drug-likeness (QED) is 0.632. The standard InChI is InChI=1S/C23H37NO4/c1-21(8-5-16(26)12-15(21)14-25)18-6-9-22(2)19(17(18)13-24)7-10-23(22,27)20-4-3-11-28-20/h3-4,11,15-19,25-27H,5-10,12-14,24H2,1-2H3/t15-,16+,17-,18+,19+,21-,22+,23-/m1/s1. The van der Waals surface area contributed by atoms with Crippen LogP contribution in [0.15, 0.2) is 22.8 Å². The lowest BCUT2D eigenvalue weighted by Gasteiger charge is -2.57. The van der Waals surface area contributed by atoms with E-state index in [0.29, 0.717) is 42.9 Å². The van der Waals surface area contributed by atoms with E-state index in [9.17, 15) is 15.3 Å². The topological polar surface area (TPSA) is 99.9 Å². The molecule has 28 heavy (non-hydrogen) atoms. The van der Waals surface area contributed by atoms with Crippen molar-refractivity contribution in [3.8, 4) is 0 Å². The summed E-state index contributed by atoms with van der Waals surface area (Å²) in [6, 6.07) is 3.76. The van der Waals surface area contributed by atoms with Crippen molar-refractivity contribution >= 4 is 0 Å². The molecule has 0 amide bonds. The molecule has 0 bridgehead atoms. The molecular weight excluding hydrogens is 354 g/mol. The van der Waals surface area contributed by atoms with Crippen LogP contribution in [0.4, 0.5) is 0 Å². The summed E-state index contributed by atoms with van der Waals surface area (Å²) in [6.07, 6.45) is 7.37. The van der Waals surface area contributed by atoms with Crippen molar-refractivity contribution in [1.82, 2.24) is 0 Å². The van der Waals surface area contributed by atoms with Crippen LogP contribution in [-0.4, -0.2) is 34.6 Å². The average Bonchev–Trinajstić information content (AvgIpc) is 3.31. The highest BCUT2D eigenvalue weighted by atomic mass is 16.4. The van der Waals surface area contributed by atoms with Gasteiger partial charge in [-0.05, 0) is 92.7 Å². The smallest absolute Gasteiger partial charge is 0.135 e. The Morgan fingerprint density at radius 1 is 1.14 bits per heavy atom. The molecule has 5 N–H and O–H groups in total. The van der Waals surface area contributed by atoms with Crippen LogP contribution >= 0.6 is 0 Å². The first-order valence-corrected chi connectivity index (χ1v) is 11.1. The van der Waals surface area contributed by atoms with Crippen molar-refractivity contribution in [2.75, 3.05) is 13.2 Å². The molecule has 158 valence electrons. The Hall–Kier alpha value is -0.880. The zero-order chi connectivity index (χ0) is 20.2. The van der Waals surface area contributed by atoms with E-state index in [1.807, 2.05) is 12.1 Å². The Bertz CT molecular complexity index is 678. The van der Waals surface area contributed by atoms with Gasteiger partial charge in [-0.2, -0.15) is 0 Å². The molecule has 0 unspecified atom stereocenters. The summed E-state index contributed by atoms with van der Waals surface area (Å²) < 4.78 is 5.67. The van der Waals surface area contributed by atoms with Crippen LogP contribution in [0.25, 0.3) is 0 Å². The molecular formula is C23H37NO4. The maximum Gasteiger partial charge on any atom is 0.135 e. The lowest BCUT2D eigenvalue weighted by atomic mass is 9.48. The predicted octanol–water partition coefficient (Wildman–Crippen LogP) is 3.03. The molecule has 0 spiro atoms. The fourth-order valence-electron chi connectivity index (χ4n) is 7.54. The van der Waals surface area contributed by atoms with E-state index in [1.165, 1.54) is 0 Å². The summed E-state index contributed by atoms with van der Waals surface area (Å²) in [5.74, 6) is 1.88. The van der Waals surface area contributed by atoms with Crippen LogP contribution in [0.1, 0.15) is 64.6 Å². The van der Waals surface area contributed by atoms with Crippen molar-refractivity contribution in [2.45, 2.75) is 70.5 Å². The third-order valence-corrected chi connectivity index (χ3v) is 9.36. The lowest BCUT2D eigenvalue weighted by molar-refractivity contribution is -0.150. The highest BCUT2D eigenvalue weighted by Crippen LogP contribution is 2.67. The molecule has 3 aliphatic carbocycles. The SMILES string of the molecule is C[C@@]1([C@H]2CC[C@@]3(C)[C@@H](CC[C@@]3(O)c3ccco3)[C@@H]2CN)CC[C@H](O)C[C@@H]1CO. The normalized spacial score (nSPS) is 49.1. The van der Waals surface area contributed by atoms with Crippen molar-refractivity contribution in [2.24, 2.45) is 40.2 Å². The van der Waals surface area contributed by atoms with E-state index in [4.69, 9.17) is 10.2 Å². The third-order valence-electron chi connectivity index (χ3n) is 9.36. The molecule has 8 atom stereocenters. The Labute approximate surface area is 168 Å². The molecule has 5 heteroatoms. The lowest BCUT2D eigenvalue weighted by Crippen LogP contribution is -2.55. The fourth-order valence-corrected chi connectivity index (χ4v) is 7.54. The molecule has 1 aromatic heterocycles. The Morgan fingerprint density at radius 3 is 2.54 bits per heavy atom. The van der Waals surface area contributed by atoms with Crippen molar-refractivity contribution in [3.05, 3.63) is 24.2 Å². The van der Waals surface area contributed by atoms with E-state index in [2.05, 4.69) is 13.8 Å². The molecule has 0 aromatic carbocycles. The molecule has 4 rings (SSSR count). The van der Waals surface area contributed by atoms with Gasteiger partial charge in [0.05, 0.1) is 12.4 Å². The maximum atomic E-state index is 11.7. The average molecular weight is 392 g/mol. The van der Waals surface area contributed by atoms with E-state index < -0.39 is 5.60 Å². The number of nitrogens with two attached hydrogens (primary N) is 1. The minimum absolute atomic E-state index is 0.00919. The summed E-state index contributed by atoms with van der Waals surface area (Å²) in [5.41, 5.74) is 5.19. The first-order valence-electron chi connectivity index (χ1n) is 11.1. The van der Waals surface area contributed by atoms with Gasteiger partial charge >= 0.3 is 0 Å². The second-order valence-electron chi connectivity index (χ2n) is 10.3. The molecule has 5 nitrogen and oxygen atoms in total. The van der Waals surface area contributed by atoms with Crippen LogP contribution in [0.5, 0.6) is 0 Å². The number of aliphatic hydroxyl groups is 3. The highest BCUT2D eigenvalue weighted by molar-refractivity contribution is 5.21. The van der Waals surface area contributed by atoms with Crippen LogP contribution in [0, 0.1) is 34.5 Å². The number of hydrogen-bond acceptors (Lipinski definition) is 5. The number of aliphatic hydroxyl groups excluding tert-OH is 2. The minimum Gasteiger partial charge on any atom is -0.466 e. The third kappa shape index (κ3) is 2.73. The van der Waals surface area contributed by atoms with Gasteiger partial charge in [0.2, 0.25) is 0 Å². The summed E-state index contributed by atoms with van der Waals surface area (Å²) in [6.45, 7) is 5.26. The van der Waals surface area contributed by atoms with Crippen LogP contribution < -0.4 is 5.73 Å². The summed E-state index contributed by atoms with van der Waals surface area (Å²) in [7, 11) is 0. The Kier molecular flexibility index (Phi) is 5.18. The summed E-state index contributed by atoms with van der Waals surface area (Å²) in [4.78, 5) is 0. The van der Waals surface area contributed by atoms with Gasteiger partial charge in [-0.25, -0.2) is 0 Å². The van der Waals surface area contributed by atoms with Gasteiger partial charge in [-0.15, -0.1) is 0 Å². The molecule has 1 heterocycles. The summed E-state index contributed by atoms with van der Waals surface area (Å²) >= 11 is 0. The maximum absolute atomic E-state index is 11.7. The van der Waals surface area contributed by atoms with Gasteiger partial charge < -0.3 is 25.5 Å². The Balaban J connectivity index is 1.66. The molecule has 0 saturated heterocycles. The number of hydrogen-bond donors (Lipinski definition) is 4. The first kappa shape index (κ1) is 20.4. The van der Waals surface area contributed by atoms with Crippen molar-refractivity contribution in [3.63, 3.8) is 0 Å². The van der Waals surface area contributed by atoms with E-state index >= 15 is 0 Å². The first-order chi connectivity index (χ1) is 13.3. The van der Waals surface area contributed by atoms with E-state index in [0.717, 1.165) is 32.1 Å². The summed E-state index contributed by atoms with van der Waals surface area (Å²) in [5, 5.41) is 31.9. The largest absolute Gasteiger partial charge is 0.466 e. The number of fused-ring (bicyclic) bond motifs is 1. The van der Waals surface area contributed by atoms with Crippen LogP contribution in [0.3, 0.4) is 0 Å². The zero-order valence-corrected chi connectivity index (χ0v) is 17.3. The molecule has 0 radical (unpaired) electrons. The fraction of sp³-hybridized carbons (Fsp3) is 0.826. The van der Waals surface area contributed by atoms with Crippen molar-refractivity contribution < 1.29 is 19.7 Å². The zero-order valence-electron chi connectivity index (χ0n) is 17.3. The molecule has 0 aliphatic heterocycles. The van der Waals surface area contributed by atoms with E-state index in [1.54, 1.807) is 6.26 Å².